The fourth-order valence-electron chi connectivity index (χ4n) is 2.14. The smallest absolute Gasteiger partial charge is 0.228 e. The van der Waals surface area contributed by atoms with Crippen molar-refractivity contribution in [2.24, 2.45) is 0 Å². The van der Waals surface area contributed by atoms with Crippen LogP contribution in [0.15, 0.2) is 18.2 Å². The van der Waals surface area contributed by atoms with Crippen LogP contribution in [0.1, 0.15) is 24.5 Å². The van der Waals surface area contributed by atoms with Gasteiger partial charge in [0, 0.05) is 11.7 Å². The minimum Gasteiger partial charge on any atom is -0.326 e. The van der Waals surface area contributed by atoms with E-state index in [0.717, 1.165) is 24.1 Å². The Morgan fingerprint density at radius 2 is 2.31 bits per heavy atom. The number of fused-ring (bicyclic) bond motifs is 1. The Kier molecular flexibility index (Phi) is 3.25. The van der Waals surface area contributed by atoms with Crippen LogP contribution in [0.4, 0.5) is 5.69 Å². The third kappa shape index (κ3) is 2.25. The lowest BCUT2D eigenvalue weighted by Gasteiger charge is -2.14. The van der Waals surface area contributed by atoms with Gasteiger partial charge in [0.2, 0.25) is 5.91 Å². The maximum Gasteiger partial charge on any atom is 0.228 e. The summed E-state index contributed by atoms with van der Waals surface area (Å²) in [4.78, 5) is 11.2. The van der Waals surface area contributed by atoms with Gasteiger partial charge in [0.05, 0.1) is 6.42 Å². The fraction of sp³-hybridized carbons (Fsp3) is 0.462. The van der Waals surface area contributed by atoms with Crippen LogP contribution in [0.2, 0.25) is 0 Å². The highest BCUT2D eigenvalue weighted by molar-refractivity contribution is 5.99. The van der Waals surface area contributed by atoms with Gasteiger partial charge >= 0.3 is 0 Å². The number of carbonyl (C=O) groups excluding carboxylic acids is 1. The summed E-state index contributed by atoms with van der Waals surface area (Å²) in [6.45, 7) is 2.18. The Hall–Kier alpha value is -1.35. The van der Waals surface area contributed by atoms with Crippen LogP contribution in [-0.4, -0.2) is 19.0 Å². The molecule has 0 spiro atoms. The summed E-state index contributed by atoms with van der Waals surface area (Å²) < 4.78 is 0. The van der Waals surface area contributed by atoms with E-state index in [0.29, 0.717) is 12.5 Å². The third-order valence-electron chi connectivity index (χ3n) is 3.18. The molecule has 2 N–H and O–H groups in total. The fourth-order valence-corrected chi connectivity index (χ4v) is 2.14. The zero-order chi connectivity index (χ0) is 11.5. The number of hydrogen-bond donors (Lipinski definition) is 2. The van der Waals surface area contributed by atoms with E-state index in [2.05, 4.69) is 29.7 Å². The largest absolute Gasteiger partial charge is 0.326 e. The van der Waals surface area contributed by atoms with Crippen molar-refractivity contribution in [1.29, 1.82) is 0 Å². The molecule has 0 bridgehead atoms. The second-order valence-corrected chi connectivity index (χ2v) is 4.31. The predicted octanol–water partition coefficient (Wildman–Crippen LogP) is 1.72. The van der Waals surface area contributed by atoms with Crippen LogP contribution in [0.5, 0.6) is 0 Å². The Morgan fingerprint density at radius 1 is 1.50 bits per heavy atom. The summed E-state index contributed by atoms with van der Waals surface area (Å²) in [5, 5.41) is 6.15. The summed E-state index contributed by atoms with van der Waals surface area (Å²) in [5.74, 6) is 0.104. The summed E-state index contributed by atoms with van der Waals surface area (Å²) in [7, 11) is 1.99. The molecule has 16 heavy (non-hydrogen) atoms. The van der Waals surface area contributed by atoms with Crippen molar-refractivity contribution >= 4 is 11.6 Å². The molecular weight excluding hydrogens is 200 g/mol. The molecular formula is C13H18N2O. The van der Waals surface area contributed by atoms with Gasteiger partial charge < -0.3 is 10.6 Å². The predicted molar refractivity (Wildman–Crippen MR) is 65.6 cm³/mol. The molecule has 3 nitrogen and oxygen atoms in total. The standard InChI is InChI=1S/C13H18N2O/c1-3-11(14-2)7-9-4-5-12-10(6-9)8-13(16)15-12/h4-6,11,14H,3,7-8H2,1-2H3,(H,15,16). The van der Waals surface area contributed by atoms with Gasteiger partial charge in [-0.25, -0.2) is 0 Å². The van der Waals surface area contributed by atoms with Crippen molar-refractivity contribution in [1.82, 2.24) is 5.32 Å². The molecule has 1 aromatic rings. The number of anilines is 1. The van der Waals surface area contributed by atoms with E-state index in [1.165, 1.54) is 5.56 Å². The number of hydrogen-bond acceptors (Lipinski definition) is 2. The minimum absolute atomic E-state index is 0.104. The highest BCUT2D eigenvalue weighted by atomic mass is 16.1. The van der Waals surface area contributed by atoms with E-state index < -0.39 is 0 Å². The zero-order valence-electron chi connectivity index (χ0n) is 9.84. The highest BCUT2D eigenvalue weighted by Gasteiger charge is 2.17. The minimum atomic E-state index is 0.104. The Bertz CT molecular complexity index is 397. The lowest BCUT2D eigenvalue weighted by atomic mass is 10.0. The van der Waals surface area contributed by atoms with Gasteiger partial charge in [-0.1, -0.05) is 19.1 Å². The van der Waals surface area contributed by atoms with Crippen LogP contribution < -0.4 is 10.6 Å². The summed E-state index contributed by atoms with van der Waals surface area (Å²) in [6.07, 6.45) is 2.67. The Labute approximate surface area is 96.2 Å². The molecule has 0 aromatic heterocycles. The van der Waals surface area contributed by atoms with E-state index in [-0.39, 0.29) is 5.91 Å². The molecule has 1 aromatic carbocycles. The lowest BCUT2D eigenvalue weighted by molar-refractivity contribution is -0.115. The molecule has 2 rings (SSSR count). The van der Waals surface area contributed by atoms with Gasteiger partial charge in [-0.2, -0.15) is 0 Å². The average Bonchev–Trinajstić information content (AvgIpc) is 2.65. The monoisotopic (exact) mass is 218 g/mol. The van der Waals surface area contributed by atoms with Gasteiger partial charge in [0.15, 0.2) is 0 Å². The quantitative estimate of drug-likeness (QED) is 0.808. The highest BCUT2D eigenvalue weighted by Crippen LogP contribution is 2.24. The van der Waals surface area contributed by atoms with Crippen molar-refractivity contribution in [2.75, 3.05) is 12.4 Å². The molecule has 0 saturated carbocycles. The maximum atomic E-state index is 11.2. The SMILES string of the molecule is CCC(Cc1ccc2c(c1)CC(=O)N2)NC. The van der Waals surface area contributed by atoms with Crippen molar-refractivity contribution in [3.8, 4) is 0 Å². The van der Waals surface area contributed by atoms with Gasteiger partial charge in [-0.15, -0.1) is 0 Å². The molecule has 1 unspecified atom stereocenters. The molecule has 1 amide bonds. The Balaban J connectivity index is 2.13. The van der Waals surface area contributed by atoms with Crippen LogP contribution in [-0.2, 0) is 17.6 Å². The number of amides is 1. The maximum absolute atomic E-state index is 11.2. The van der Waals surface area contributed by atoms with Gasteiger partial charge in [0.1, 0.15) is 0 Å². The van der Waals surface area contributed by atoms with Gasteiger partial charge in [-0.05, 0) is 37.1 Å². The zero-order valence-corrected chi connectivity index (χ0v) is 9.84. The topological polar surface area (TPSA) is 41.1 Å². The first-order valence-corrected chi connectivity index (χ1v) is 5.82. The molecule has 0 aliphatic carbocycles. The second-order valence-electron chi connectivity index (χ2n) is 4.31. The van der Waals surface area contributed by atoms with Crippen molar-refractivity contribution in [3.05, 3.63) is 29.3 Å². The molecule has 1 aliphatic rings. The summed E-state index contributed by atoms with van der Waals surface area (Å²) in [5.41, 5.74) is 3.41. The van der Waals surface area contributed by atoms with Gasteiger partial charge in [-0.3, -0.25) is 4.79 Å². The lowest BCUT2D eigenvalue weighted by Crippen LogP contribution is -2.26. The molecule has 0 saturated heterocycles. The molecule has 1 heterocycles. The Morgan fingerprint density at radius 3 is 3.00 bits per heavy atom. The van der Waals surface area contributed by atoms with E-state index in [1.807, 2.05) is 13.1 Å². The summed E-state index contributed by atoms with van der Waals surface area (Å²) in [6, 6.07) is 6.78. The van der Waals surface area contributed by atoms with E-state index in [9.17, 15) is 4.79 Å². The molecule has 0 fully saturated rings. The number of benzene rings is 1. The number of rotatable bonds is 4. The van der Waals surface area contributed by atoms with Crippen LogP contribution >= 0.6 is 0 Å². The molecule has 1 atom stereocenters. The first-order chi connectivity index (χ1) is 7.72. The third-order valence-corrected chi connectivity index (χ3v) is 3.18. The molecule has 3 heteroatoms. The normalized spacial score (nSPS) is 15.8. The van der Waals surface area contributed by atoms with E-state index in [4.69, 9.17) is 0 Å². The van der Waals surface area contributed by atoms with Crippen molar-refractivity contribution < 1.29 is 4.79 Å². The summed E-state index contributed by atoms with van der Waals surface area (Å²) >= 11 is 0. The van der Waals surface area contributed by atoms with Crippen LogP contribution in [0, 0.1) is 0 Å². The number of likely N-dealkylation sites (N-methyl/N-ethyl adjacent to an activating group) is 1. The number of nitrogens with one attached hydrogen (secondary N) is 2. The van der Waals surface area contributed by atoms with Crippen molar-refractivity contribution in [2.45, 2.75) is 32.2 Å². The van der Waals surface area contributed by atoms with E-state index >= 15 is 0 Å². The molecule has 1 aliphatic heterocycles. The molecule has 0 radical (unpaired) electrons. The second kappa shape index (κ2) is 4.66. The first kappa shape index (κ1) is 11.1. The van der Waals surface area contributed by atoms with Crippen LogP contribution in [0.3, 0.4) is 0 Å². The first-order valence-electron chi connectivity index (χ1n) is 5.82. The average molecular weight is 218 g/mol. The van der Waals surface area contributed by atoms with Crippen LogP contribution in [0.25, 0.3) is 0 Å². The van der Waals surface area contributed by atoms with Crippen molar-refractivity contribution in [3.63, 3.8) is 0 Å². The molecule has 86 valence electrons. The number of carbonyl (C=O) groups is 1. The van der Waals surface area contributed by atoms with E-state index in [1.54, 1.807) is 0 Å². The van der Waals surface area contributed by atoms with Gasteiger partial charge in [0.25, 0.3) is 0 Å².